The van der Waals surface area contributed by atoms with Crippen LogP contribution in [0.5, 0.6) is 0 Å². The van der Waals surface area contributed by atoms with E-state index < -0.39 is 5.54 Å². The highest BCUT2D eigenvalue weighted by Crippen LogP contribution is 2.35. The van der Waals surface area contributed by atoms with Crippen LogP contribution in [-0.4, -0.2) is 6.08 Å². The summed E-state index contributed by atoms with van der Waals surface area (Å²) in [5.74, 6) is 0. The standard InChI is InChI=1S/C12H11NOS/c1-12(2,13-8-14)10-7-15-11-6-4-3-5-9(10)11/h3-7H,1-2H3. The van der Waals surface area contributed by atoms with Crippen molar-refractivity contribution in [3.63, 3.8) is 0 Å². The van der Waals surface area contributed by atoms with Gasteiger partial charge in [-0.1, -0.05) is 18.2 Å². The fourth-order valence-corrected chi connectivity index (χ4v) is 2.75. The summed E-state index contributed by atoms with van der Waals surface area (Å²) in [5.41, 5.74) is 0.605. The van der Waals surface area contributed by atoms with Crippen molar-refractivity contribution >= 4 is 27.5 Å². The van der Waals surface area contributed by atoms with Crippen LogP contribution in [0.4, 0.5) is 0 Å². The van der Waals surface area contributed by atoms with E-state index in [0.717, 1.165) is 5.56 Å². The summed E-state index contributed by atoms with van der Waals surface area (Å²) in [4.78, 5) is 14.2. The van der Waals surface area contributed by atoms with Crippen molar-refractivity contribution in [2.24, 2.45) is 4.99 Å². The minimum atomic E-state index is -0.485. The molecule has 0 saturated heterocycles. The summed E-state index contributed by atoms with van der Waals surface area (Å²) in [6, 6.07) is 8.14. The van der Waals surface area contributed by atoms with Gasteiger partial charge >= 0.3 is 0 Å². The zero-order chi connectivity index (χ0) is 10.9. The highest BCUT2D eigenvalue weighted by atomic mass is 32.1. The molecule has 0 aliphatic heterocycles. The fraction of sp³-hybridized carbons (Fsp3) is 0.250. The molecular weight excluding hydrogens is 206 g/mol. The second-order valence-electron chi connectivity index (χ2n) is 3.91. The molecule has 2 rings (SSSR count). The van der Waals surface area contributed by atoms with Gasteiger partial charge < -0.3 is 0 Å². The van der Waals surface area contributed by atoms with Gasteiger partial charge in [-0.3, -0.25) is 0 Å². The lowest BCUT2D eigenvalue weighted by molar-refractivity contribution is 0.526. The van der Waals surface area contributed by atoms with Gasteiger partial charge in [-0.15, -0.1) is 11.3 Å². The third-order valence-corrected chi connectivity index (χ3v) is 3.43. The SMILES string of the molecule is CC(C)(N=C=O)c1csc2ccccc12. The number of isocyanates is 1. The van der Waals surface area contributed by atoms with E-state index in [4.69, 9.17) is 0 Å². The van der Waals surface area contributed by atoms with E-state index in [1.54, 1.807) is 17.4 Å². The second kappa shape index (κ2) is 3.61. The van der Waals surface area contributed by atoms with Crippen molar-refractivity contribution in [3.05, 3.63) is 35.2 Å². The summed E-state index contributed by atoms with van der Waals surface area (Å²) >= 11 is 1.68. The molecule has 0 radical (unpaired) electrons. The van der Waals surface area contributed by atoms with E-state index in [-0.39, 0.29) is 0 Å². The van der Waals surface area contributed by atoms with Crippen LogP contribution in [0.1, 0.15) is 19.4 Å². The molecule has 1 aromatic carbocycles. The number of carbonyl (C=O) groups excluding carboxylic acids is 1. The smallest absolute Gasteiger partial charge is 0.211 e. The van der Waals surface area contributed by atoms with Crippen molar-refractivity contribution < 1.29 is 4.79 Å². The Kier molecular flexibility index (Phi) is 2.43. The molecule has 0 N–H and O–H groups in total. The number of hydrogen-bond acceptors (Lipinski definition) is 3. The zero-order valence-electron chi connectivity index (χ0n) is 8.65. The van der Waals surface area contributed by atoms with Crippen molar-refractivity contribution in [3.8, 4) is 0 Å². The molecule has 3 heteroatoms. The zero-order valence-corrected chi connectivity index (χ0v) is 9.47. The van der Waals surface area contributed by atoms with E-state index >= 15 is 0 Å². The summed E-state index contributed by atoms with van der Waals surface area (Å²) in [7, 11) is 0. The quantitative estimate of drug-likeness (QED) is 0.559. The Morgan fingerprint density at radius 1 is 1.33 bits per heavy atom. The highest BCUT2D eigenvalue weighted by molar-refractivity contribution is 7.17. The third-order valence-electron chi connectivity index (χ3n) is 2.47. The fourth-order valence-electron chi connectivity index (χ4n) is 1.63. The molecular formula is C12H11NOS. The van der Waals surface area contributed by atoms with Gasteiger partial charge in [0.25, 0.3) is 0 Å². The van der Waals surface area contributed by atoms with Crippen LogP contribution in [-0.2, 0) is 10.3 Å². The molecule has 0 aliphatic carbocycles. The monoisotopic (exact) mass is 217 g/mol. The maximum Gasteiger partial charge on any atom is 0.235 e. The molecule has 0 unspecified atom stereocenters. The molecule has 1 aromatic heterocycles. The van der Waals surface area contributed by atoms with E-state index in [9.17, 15) is 4.79 Å². The second-order valence-corrected chi connectivity index (χ2v) is 4.82. The van der Waals surface area contributed by atoms with Gasteiger partial charge in [0, 0.05) is 4.70 Å². The molecule has 1 heterocycles. The van der Waals surface area contributed by atoms with E-state index in [0.29, 0.717) is 0 Å². The minimum absolute atomic E-state index is 0.485. The van der Waals surface area contributed by atoms with Crippen LogP contribution in [0.15, 0.2) is 34.6 Å². The largest absolute Gasteiger partial charge is 0.235 e. The maximum atomic E-state index is 10.4. The average molecular weight is 217 g/mol. The Balaban J connectivity index is 2.67. The first-order valence-electron chi connectivity index (χ1n) is 4.71. The van der Waals surface area contributed by atoms with E-state index in [1.165, 1.54) is 10.1 Å². The average Bonchev–Trinajstić information content (AvgIpc) is 2.61. The first-order chi connectivity index (χ1) is 7.15. The Hall–Kier alpha value is -1.44. The van der Waals surface area contributed by atoms with Crippen LogP contribution in [0.2, 0.25) is 0 Å². The molecule has 15 heavy (non-hydrogen) atoms. The predicted molar refractivity (Wildman–Crippen MR) is 63.0 cm³/mol. The van der Waals surface area contributed by atoms with Crippen LogP contribution in [0.25, 0.3) is 10.1 Å². The number of benzene rings is 1. The van der Waals surface area contributed by atoms with Crippen molar-refractivity contribution in [1.82, 2.24) is 0 Å². The molecule has 0 fully saturated rings. The van der Waals surface area contributed by atoms with Crippen LogP contribution < -0.4 is 0 Å². The van der Waals surface area contributed by atoms with Gasteiger partial charge in [-0.25, -0.2) is 4.79 Å². The molecule has 76 valence electrons. The molecule has 0 amide bonds. The lowest BCUT2D eigenvalue weighted by atomic mass is 9.95. The molecule has 2 nitrogen and oxygen atoms in total. The summed E-state index contributed by atoms with van der Waals surface area (Å²) in [5, 5.41) is 3.23. The summed E-state index contributed by atoms with van der Waals surface area (Å²) < 4.78 is 1.22. The molecule has 0 bridgehead atoms. The van der Waals surface area contributed by atoms with Crippen molar-refractivity contribution in [1.29, 1.82) is 0 Å². The van der Waals surface area contributed by atoms with Gasteiger partial charge in [0.1, 0.15) is 0 Å². The number of rotatable bonds is 2. The Bertz CT molecular complexity index is 535. The number of thiophene rings is 1. The highest BCUT2D eigenvalue weighted by Gasteiger charge is 2.22. The summed E-state index contributed by atoms with van der Waals surface area (Å²) in [6.45, 7) is 3.85. The Labute approximate surface area is 92.3 Å². The Morgan fingerprint density at radius 2 is 2.07 bits per heavy atom. The summed E-state index contributed by atoms with van der Waals surface area (Å²) in [6.07, 6.45) is 1.64. The van der Waals surface area contributed by atoms with Gasteiger partial charge in [0.15, 0.2) is 0 Å². The normalized spacial score (nSPS) is 11.3. The molecule has 0 spiro atoms. The van der Waals surface area contributed by atoms with Gasteiger partial charge in [0.2, 0.25) is 6.08 Å². The van der Waals surface area contributed by atoms with Gasteiger partial charge in [0.05, 0.1) is 5.54 Å². The lowest BCUT2D eigenvalue weighted by Crippen LogP contribution is -2.12. The van der Waals surface area contributed by atoms with E-state index in [2.05, 4.69) is 22.5 Å². The van der Waals surface area contributed by atoms with E-state index in [1.807, 2.05) is 26.0 Å². The van der Waals surface area contributed by atoms with Crippen LogP contribution in [0.3, 0.4) is 0 Å². The maximum absolute atomic E-state index is 10.4. The molecule has 2 aromatic rings. The van der Waals surface area contributed by atoms with Gasteiger partial charge in [-0.2, -0.15) is 4.99 Å². The van der Waals surface area contributed by atoms with Crippen LogP contribution >= 0.6 is 11.3 Å². The minimum Gasteiger partial charge on any atom is -0.211 e. The van der Waals surface area contributed by atoms with Crippen LogP contribution in [0, 0.1) is 0 Å². The first-order valence-corrected chi connectivity index (χ1v) is 5.59. The predicted octanol–water partition coefficient (Wildman–Crippen LogP) is 3.47. The lowest BCUT2D eigenvalue weighted by Gasteiger charge is -2.16. The van der Waals surface area contributed by atoms with Gasteiger partial charge in [-0.05, 0) is 36.2 Å². The number of fused-ring (bicyclic) bond motifs is 1. The number of hydrogen-bond donors (Lipinski definition) is 0. The molecule has 0 saturated carbocycles. The number of nitrogens with zero attached hydrogens (tertiary/aromatic N) is 1. The van der Waals surface area contributed by atoms with Crippen molar-refractivity contribution in [2.45, 2.75) is 19.4 Å². The molecule has 0 atom stereocenters. The molecule has 0 aliphatic rings. The van der Waals surface area contributed by atoms with Crippen molar-refractivity contribution in [2.75, 3.05) is 0 Å². The third kappa shape index (κ3) is 1.72. The Morgan fingerprint density at radius 3 is 2.80 bits per heavy atom. The topological polar surface area (TPSA) is 29.4 Å². The number of aliphatic imine (C=N–C) groups is 1. The first kappa shape index (κ1) is 10.1.